The Morgan fingerprint density at radius 1 is 1.20 bits per heavy atom. The van der Waals surface area contributed by atoms with Gasteiger partial charge in [-0.1, -0.05) is 6.92 Å². The van der Waals surface area contributed by atoms with Gasteiger partial charge in [-0.3, -0.25) is 4.90 Å². The fraction of sp³-hybridized carbons (Fsp3) is 1.00. The van der Waals surface area contributed by atoms with Crippen molar-refractivity contribution in [3.8, 4) is 0 Å². The summed E-state index contributed by atoms with van der Waals surface area (Å²) in [7, 11) is 0. The van der Waals surface area contributed by atoms with Gasteiger partial charge < -0.3 is 5.73 Å². The van der Waals surface area contributed by atoms with Crippen LogP contribution in [-0.4, -0.2) is 29.6 Å². The highest BCUT2D eigenvalue weighted by Crippen LogP contribution is 2.39. The lowest BCUT2D eigenvalue weighted by molar-refractivity contribution is 0.0394. The number of hydrogen-bond acceptors (Lipinski definition) is 2. The summed E-state index contributed by atoms with van der Waals surface area (Å²) < 4.78 is 0. The van der Waals surface area contributed by atoms with E-state index in [1.165, 1.54) is 45.1 Å². The highest BCUT2D eigenvalue weighted by Gasteiger charge is 2.41. The van der Waals surface area contributed by atoms with E-state index in [-0.39, 0.29) is 0 Å². The molecule has 1 heterocycles. The second kappa shape index (κ2) is 4.42. The second-order valence-corrected chi connectivity index (χ2v) is 5.80. The van der Waals surface area contributed by atoms with Crippen LogP contribution in [0.25, 0.3) is 0 Å². The minimum Gasteiger partial charge on any atom is -0.329 e. The molecular formula is C13H26N2. The third-order valence-electron chi connectivity index (χ3n) is 4.75. The molecule has 1 unspecified atom stereocenters. The molecule has 15 heavy (non-hydrogen) atoms. The van der Waals surface area contributed by atoms with Crippen molar-refractivity contribution in [1.29, 1.82) is 0 Å². The number of nitrogens with two attached hydrogens (primary N) is 1. The van der Waals surface area contributed by atoms with Crippen LogP contribution in [0.15, 0.2) is 0 Å². The van der Waals surface area contributed by atoms with Crippen LogP contribution < -0.4 is 5.73 Å². The van der Waals surface area contributed by atoms with Crippen LogP contribution in [0.1, 0.15) is 52.4 Å². The van der Waals surface area contributed by atoms with Crippen LogP contribution in [0.5, 0.6) is 0 Å². The summed E-state index contributed by atoms with van der Waals surface area (Å²) in [6.07, 6.45) is 8.15. The molecule has 88 valence electrons. The van der Waals surface area contributed by atoms with Crippen molar-refractivity contribution >= 4 is 0 Å². The van der Waals surface area contributed by atoms with E-state index >= 15 is 0 Å². The lowest BCUT2D eigenvalue weighted by Gasteiger charge is -2.47. The molecule has 1 saturated heterocycles. The first-order valence-electron chi connectivity index (χ1n) is 6.65. The van der Waals surface area contributed by atoms with E-state index in [0.29, 0.717) is 5.54 Å². The van der Waals surface area contributed by atoms with Crippen molar-refractivity contribution in [1.82, 2.24) is 4.90 Å². The average molecular weight is 210 g/mol. The molecule has 0 spiro atoms. The smallest absolute Gasteiger partial charge is 0.0334 e. The molecule has 1 atom stereocenters. The Balaban J connectivity index is 2.07. The number of hydrogen-bond donors (Lipinski definition) is 1. The van der Waals surface area contributed by atoms with Gasteiger partial charge in [0, 0.05) is 18.1 Å². The predicted molar refractivity (Wildman–Crippen MR) is 64.8 cm³/mol. The van der Waals surface area contributed by atoms with E-state index < -0.39 is 0 Å². The van der Waals surface area contributed by atoms with Gasteiger partial charge in [0.05, 0.1) is 0 Å². The Labute approximate surface area is 94.2 Å². The van der Waals surface area contributed by atoms with E-state index in [1.807, 2.05) is 0 Å². The van der Waals surface area contributed by atoms with Gasteiger partial charge in [0.15, 0.2) is 0 Å². The van der Waals surface area contributed by atoms with E-state index in [0.717, 1.165) is 18.5 Å². The minimum atomic E-state index is 0.364. The lowest BCUT2D eigenvalue weighted by atomic mass is 9.75. The molecule has 0 aromatic rings. The third kappa shape index (κ3) is 2.07. The van der Waals surface area contributed by atoms with Gasteiger partial charge in [-0.05, 0) is 57.9 Å². The Hall–Kier alpha value is -0.0800. The van der Waals surface area contributed by atoms with Crippen LogP contribution in [0.4, 0.5) is 0 Å². The average Bonchev–Trinajstić information content (AvgIpc) is 2.67. The predicted octanol–water partition coefficient (Wildman–Crippen LogP) is 2.38. The maximum Gasteiger partial charge on any atom is 0.0334 e. The number of rotatable bonds is 2. The van der Waals surface area contributed by atoms with Crippen LogP contribution in [0, 0.1) is 5.92 Å². The molecule has 2 rings (SSSR count). The molecule has 2 nitrogen and oxygen atoms in total. The van der Waals surface area contributed by atoms with Gasteiger partial charge >= 0.3 is 0 Å². The van der Waals surface area contributed by atoms with Crippen molar-refractivity contribution in [2.45, 2.75) is 64.0 Å². The highest BCUT2D eigenvalue weighted by atomic mass is 15.2. The quantitative estimate of drug-likeness (QED) is 0.758. The molecule has 0 aromatic heterocycles. The molecule has 1 saturated carbocycles. The zero-order valence-corrected chi connectivity index (χ0v) is 10.3. The molecule has 1 aliphatic carbocycles. The summed E-state index contributed by atoms with van der Waals surface area (Å²) >= 11 is 0. The van der Waals surface area contributed by atoms with Crippen molar-refractivity contribution < 1.29 is 0 Å². The van der Waals surface area contributed by atoms with Crippen molar-refractivity contribution in [2.75, 3.05) is 13.1 Å². The van der Waals surface area contributed by atoms with Crippen molar-refractivity contribution in [3.63, 3.8) is 0 Å². The van der Waals surface area contributed by atoms with Gasteiger partial charge in [-0.15, -0.1) is 0 Å². The van der Waals surface area contributed by atoms with Crippen LogP contribution in [0.3, 0.4) is 0 Å². The maximum absolute atomic E-state index is 6.08. The molecule has 2 fully saturated rings. The summed E-state index contributed by atoms with van der Waals surface area (Å²) in [4.78, 5) is 2.72. The fourth-order valence-electron chi connectivity index (χ4n) is 3.55. The number of nitrogens with zero attached hydrogens (tertiary/aromatic N) is 1. The van der Waals surface area contributed by atoms with Gasteiger partial charge in [-0.2, -0.15) is 0 Å². The van der Waals surface area contributed by atoms with Gasteiger partial charge in [0.1, 0.15) is 0 Å². The maximum atomic E-state index is 6.08. The van der Waals surface area contributed by atoms with Crippen LogP contribution in [0.2, 0.25) is 0 Å². The zero-order valence-electron chi connectivity index (χ0n) is 10.3. The Morgan fingerprint density at radius 2 is 1.87 bits per heavy atom. The highest BCUT2D eigenvalue weighted by molar-refractivity contribution is 4.99. The third-order valence-corrected chi connectivity index (χ3v) is 4.75. The monoisotopic (exact) mass is 210 g/mol. The zero-order chi connectivity index (χ0) is 10.9. The van der Waals surface area contributed by atoms with E-state index in [4.69, 9.17) is 5.73 Å². The topological polar surface area (TPSA) is 29.3 Å². The van der Waals surface area contributed by atoms with Crippen molar-refractivity contribution in [3.05, 3.63) is 0 Å². The van der Waals surface area contributed by atoms with Gasteiger partial charge in [0.25, 0.3) is 0 Å². The van der Waals surface area contributed by atoms with Gasteiger partial charge in [0.2, 0.25) is 0 Å². The summed E-state index contributed by atoms with van der Waals surface area (Å²) in [6, 6.07) is 0.766. The molecule has 0 amide bonds. The Kier molecular flexibility index (Phi) is 3.36. The van der Waals surface area contributed by atoms with Gasteiger partial charge in [-0.25, -0.2) is 0 Å². The van der Waals surface area contributed by atoms with Crippen molar-refractivity contribution in [2.24, 2.45) is 11.7 Å². The Bertz CT molecular complexity index is 207. The Morgan fingerprint density at radius 3 is 2.33 bits per heavy atom. The first-order chi connectivity index (χ1) is 7.18. The summed E-state index contributed by atoms with van der Waals surface area (Å²) in [6.45, 7) is 6.91. The normalized spacial score (nSPS) is 43.4. The van der Waals surface area contributed by atoms with E-state index in [1.54, 1.807) is 0 Å². The van der Waals surface area contributed by atoms with Crippen LogP contribution in [-0.2, 0) is 0 Å². The minimum absolute atomic E-state index is 0.364. The summed E-state index contributed by atoms with van der Waals surface area (Å²) in [5.41, 5.74) is 6.45. The molecule has 0 bridgehead atoms. The standard InChI is InChI=1S/C13H26N2/c1-11-5-7-13(10-14,8-6-11)15-9-3-4-12(15)2/h11-12H,3-10,14H2,1-2H3. The number of likely N-dealkylation sites (tertiary alicyclic amines) is 1. The summed E-state index contributed by atoms with van der Waals surface area (Å²) in [5, 5.41) is 0. The molecule has 1 aliphatic heterocycles. The first-order valence-corrected chi connectivity index (χ1v) is 6.65. The largest absolute Gasteiger partial charge is 0.329 e. The molecule has 2 heteroatoms. The molecule has 2 aliphatic rings. The fourth-order valence-corrected chi connectivity index (χ4v) is 3.55. The molecule has 0 aromatic carbocycles. The van der Waals surface area contributed by atoms with E-state index in [2.05, 4.69) is 18.7 Å². The lowest BCUT2D eigenvalue weighted by Crippen LogP contribution is -2.56. The molecule has 0 radical (unpaired) electrons. The molecule has 2 N–H and O–H groups in total. The SMILES string of the molecule is CC1CCC(CN)(N2CCCC2C)CC1. The summed E-state index contributed by atoms with van der Waals surface area (Å²) in [5.74, 6) is 0.919. The second-order valence-electron chi connectivity index (χ2n) is 5.80. The first kappa shape index (κ1) is 11.4. The van der Waals surface area contributed by atoms with Crippen LogP contribution >= 0.6 is 0 Å². The molecular weight excluding hydrogens is 184 g/mol. The van der Waals surface area contributed by atoms with E-state index in [9.17, 15) is 0 Å².